The second-order valence-corrected chi connectivity index (χ2v) is 6.46. The van der Waals surface area contributed by atoms with Gasteiger partial charge in [0.15, 0.2) is 0 Å². The van der Waals surface area contributed by atoms with Gasteiger partial charge in [0.25, 0.3) is 0 Å². The van der Waals surface area contributed by atoms with Gasteiger partial charge in [0.2, 0.25) is 0 Å². The van der Waals surface area contributed by atoms with E-state index in [1.54, 1.807) is 17.5 Å². The molecule has 0 aromatic carbocycles. The van der Waals surface area contributed by atoms with Gasteiger partial charge in [0, 0.05) is 6.54 Å². The van der Waals surface area contributed by atoms with E-state index in [4.69, 9.17) is 11.6 Å². The summed E-state index contributed by atoms with van der Waals surface area (Å²) < 4.78 is 0.777. The predicted octanol–water partition coefficient (Wildman–Crippen LogP) is 5.03. The summed E-state index contributed by atoms with van der Waals surface area (Å²) in [6.45, 7) is 4.21. The number of thiazole rings is 1. The van der Waals surface area contributed by atoms with E-state index in [9.17, 15) is 0 Å². The molecule has 1 aromatic heterocycles. The van der Waals surface area contributed by atoms with Crippen molar-refractivity contribution in [2.45, 2.75) is 64.8 Å². The minimum Gasteiger partial charge on any atom is -0.310 e. The number of halogens is 1. The quantitative estimate of drug-likeness (QED) is 0.578. The Kier molecular flexibility index (Phi) is 9.54. The molecule has 0 unspecified atom stereocenters. The summed E-state index contributed by atoms with van der Waals surface area (Å²) in [5.41, 5.74) is 0. The van der Waals surface area contributed by atoms with Crippen molar-refractivity contribution in [3.63, 3.8) is 0 Å². The maximum Gasteiger partial charge on any atom is 0.113 e. The van der Waals surface area contributed by atoms with Crippen molar-refractivity contribution in [1.29, 1.82) is 0 Å². The van der Waals surface area contributed by atoms with E-state index < -0.39 is 0 Å². The Morgan fingerprint density at radius 1 is 1.11 bits per heavy atom. The fourth-order valence-electron chi connectivity index (χ4n) is 1.95. The molecule has 0 saturated carbocycles. The van der Waals surface area contributed by atoms with Gasteiger partial charge in [0.1, 0.15) is 9.34 Å². The maximum absolute atomic E-state index is 5.82. The highest BCUT2D eigenvalue weighted by Crippen LogP contribution is 2.17. The first-order valence-electron chi connectivity index (χ1n) is 7.14. The third kappa shape index (κ3) is 8.06. The van der Waals surface area contributed by atoms with Crippen LogP contribution in [0.5, 0.6) is 0 Å². The first-order chi connectivity index (χ1) is 8.83. The Morgan fingerprint density at radius 3 is 2.39 bits per heavy atom. The number of nitrogens with one attached hydrogen (secondary N) is 1. The Bertz CT molecular complexity index is 302. The molecule has 1 rings (SSSR count). The van der Waals surface area contributed by atoms with Crippen LogP contribution in [-0.4, -0.2) is 11.5 Å². The normalized spacial score (nSPS) is 11.0. The molecule has 1 aromatic rings. The molecule has 0 aliphatic carbocycles. The van der Waals surface area contributed by atoms with Gasteiger partial charge in [-0.3, -0.25) is 0 Å². The first kappa shape index (κ1) is 15.9. The highest BCUT2D eigenvalue weighted by atomic mass is 35.5. The van der Waals surface area contributed by atoms with Crippen molar-refractivity contribution < 1.29 is 0 Å². The zero-order valence-corrected chi connectivity index (χ0v) is 13.0. The van der Waals surface area contributed by atoms with E-state index in [0.29, 0.717) is 0 Å². The van der Waals surface area contributed by atoms with Crippen LogP contribution in [0.4, 0.5) is 0 Å². The van der Waals surface area contributed by atoms with Crippen LogP contribution >= 0.6 is 22.9 Å². The number of hydrogen-bond acceptors (Lipinski definition) is 3. The molecule has 1 N–H and O–H groups in total. The number of nitrogens with zero attached hydrogens (tertiary/aromatic N) is 1. The molecule has 4 heteroatoms. The molecule has 2 nitrogen and oxygen atoms in total. The Labute approximate surface area is 120 Å². The standard InChI is InChI=1S/C14H25ClN2S/c1-2-3-4-5-6-7-8-9-10-16-12-14-17-11-13(15)18-14/h11,16H,2-10,12H2,1H3. The van der Waals surface area contributed by atoms with Gasteiger partial charge in [-0.05, 0) is 13.0 Å². The molecule has 0 fully saturated rings. The second-order valence-electron chi connectivity index (χ2n) is 4.71. The summed E-state index contributed by atoms with van der Waals surface area (Å²) in [5.74, 6) is 0. The second kappa shape index (κ2) is 10.8. The van der Waals surface area contributed by atoms with E-state index in [2.05, 4.69) is 17.2 Å². The van der Waals surface area contributed by atoms with Crippen LogP contribution in [0.2, 0.25) is 4.34 Å². The molecular formula is C14H25ClN2S. The van der Waals surface area contributed by atoms with Crippen LogP contribution in [0.3, 0.4) is 0 Å². The van der Waals surface area contributed by atoms with Crippen molar-refractivity contribution in [1.82, 2.24) is 10.3 Å². The lowest BCUT2D eigenvalue weighted by molar-refractivity contribution is 0.555. The molecule has 0 radical (unpaired) electrons. The lowest BCUT2D eigenvalue weighted by atomic mass is 10.1. The van der Waals surface area contributed by atoms with E-state index in [0.717, 1.165) is 22.4 Å². The smallest absolute Gasteiger partial charge is 0.113 e. The van der Waals surface area contributed by atoms with Crippen LogP contribution in [0.1, 0.15) is 63.3 Å². The summed E-state index contributed by atoms with van der Waals surface area (Å²) in [6.07, 6.45) is 12.7. The van der Waals surface area contributed by atoms with Gasteiger partial charge in [-0.1, -0.05) is 63.5 Å². The third-order valence-electron chi connectivity index (χ3n) is 3.01. The molecule has 0 bridgehead atoms. The summed E-state index contributed by atoms with van der Waals surface area (Å²) >= 11 is 7.38. The van der Waals surface area contributed by atoms with Crippen LogP contribution in [0.15, 0.2) is 6.20 Å². The molecule has 0 spiro atoms. The van der Waals surface area contributed by atoms with Crippen molar-refractivity contribution in [3.8, 4) is 0 Å². The average Bonchev–Trinajstić information content (AvgIpc) is 2.77. The van der Waals surface area contributed by atoms with Crippen molar-refractivity contribution in [2.24, 2.45) is 0 Å². The molecule has 0 atom stereocenters. The number of rotatable bonds is 11. The summed E-state index contributed by atoms with van der Waals surface area (Å²) in [5, 5.41) is 4.50. The lowest BCUT2D eigenvalue weighted by Gasteiger charge is -2.03. The minimum absolute atomic E-state index is 0.777. The first-order valence-corrected chi connectivity index (χ1v) is 8.33. The molecule has 104 valence electrons. The van der Waals surface area contributed by atoms with Gasteiger partial charge in [-0.2, -0.15) is 0 Å². The fraction of sp³-hybridized carbons (Fsp3) is 0.786. The van der Waals surface area contributed by atoms with Crippen LogP contribution in [-0.2, 0) is 6.54 Å². The molecule has 1 heterocycles. The van der Waals surface area contributed by atoms with Crippen LogP contribution in [0.25, 0.3) is 0 Å². The molecular weight excluding hydrogens is 264 g/mol. The summed E-state index contributed by atoms with van der Waals surface area (Å²) in [7, 11) is 0. The average molecular weight is 289 g/mol. The van der Waals surface area contributed by atoms with Crippen molar-refractivity contribution in [2.75, 3.05) is 6.54 Å². The molecule has 0 amide bonds. The molecule has 0 saturated heterocycles. The molecule has 18 heavy (non-hydrogen) atoms. The van der Waals surface area contributed by atoms with Crippen molar-refractivity contribution in [3.05, 3.63) is 15.5 Å². The maximum atomic E-state index is 5.82. The third-order valence-corrected chi connectivity index (χ3v) is 4.12. The summed E-state index contributed by atoms with van der Waals surface area (Å²) in [4.78, 5) is 4.22. The van der Waals surface area contributed by atoms with Crippen molar-refractivity contribution >= 4 is 22.9 Å². The fourth-order valence-corrected chi connectivity index (χ4v) is 2.88. The highest BCUT2D eigenvalue weighted by molar-refractivity contribution is 7.15. The SMILES string of the molecule is CCCCCCCCCCNCc1ncc(Cl)s1. The van der Waals surface area contributed by atoms with E-state index in [-0.39, 0.29) is 0 Å². The Balaban J connectivity index is 1.81. The monoisotopic (exact) mass is 288 g/mol. The lowest BCUT2D eigenvalue weighted by Crippen LogP contribution is -2.14. The van der Waals surface area contributed by atoms with Gasteiger partial charge >= 0.3 is 0 Å². The van der Waals surface area contributed by atoms with Gasteiger partial charge in [-0.15, -0.1) is 11.3 Å². The van der Waals surface area contributed by atoms with E-state index >= 15 is 0 Å². The van der Waals surface area contributed by atoms with Gasteiger partial charge in [-0.25, -0.2) is 4.98 Å². The largest absolute Gasteiger partial charge is 0.310 e. The highest BCUT2D eigenvalue weighted by Gasteiger charge is 1.98. The van der Waals surface area contributed by atoms with Crippen LogP contribution < -0.4 is 5.32 Å². The van der Waals surface area contributed by atoms with Gasteiger partial charge in [0.05, 0.1) is 6.20 Å². The van der Waals surface area contributed by atoms with Crippen LogP contribution in [0, 0.1) is 0 Å². The Hall–Kier alpha value is -0.120. The molecule has 0 aliphatic rings. The Morgan fingerprint density at radius 2 is 1.78 bits per heavy atom. The zero-order valence-electron chi connectivity index (χ0n) is 11.4. The summed E-state index contributed by atoms with van der Waals surface area (Å²) in [6, 6.07) is 0. The minimum atomic E-state index is 0.777. The van der Waals surface area contributed by atoms with E-state index in [1.807, 2.05) is 0 Å². The predicted molar refractivity (Wildman–Crippen MR) is 81.4 cm³/mol. The molecule has 0 aliphatic heterocycles. The van der Waals surface area contributed by atoms with E-state index in [1.165, 1.54) is 51.4 Å². The van der Waals surface area contributed by atoms with Gasteiger partial charge < -0.3 is 5.32 Å². The topological polar surface area (TPSA) is 24.9 Å². The zero-order chi connectivity index (χ0) is 13.1. The number of hydrogen-bond donors (Lipinski definition) is 1. The number of aromatic nitrogens is 1. The number of unbranched alkanes of at least 4 members (excludes halogenated alkanes) is 7.